The minimum atomic E-state index is 0.160. The fourth-order valence-electron chi connectivity index (χ4n) is 3.00. The summed E-state index contributed by atoms with van der Waals surface area (Å²) in [5.41, 5.74) is 3.95. The Labute approximate surface area is 119 Å². The van der Waals surface area contributed by atoms with Crippen molar-refractivity contribution in [2.45, 2.75) is 25.0 Å². The normalized spacial score (nSPS) is 19.6. The quantitative estimate of drug-likeness (QED) is 0.928. The SMILES string of the molecule is CNC(CC1OCCc2ccccc21)c1ccnn1C. The number of aromatic nitrogens is 2. The number of fused-ring (bicyclic) bond motifs is 1. The van der Waals surface area contributed by atoms with Crippen LogP contribution in [0.5, 0.6) is 0 Å². The summed E-state index contributed by atoms with van der Waals surface area (Å²) in [6.45, 7) is 0.809. The van der Waals surface area contributed by atoms with Crippen molar-refractivity contribution in [3.05, 3.63) is 53.3 Å². The lowest BCUT2D eigenvalue weighted by Crippen LogP contribution is -2.25. The average molecular weight is 271 g/mol. The second-order valence-corrected chi connectivity index (χ2v) is 5.26. The third-order valence-electron chi connectivity index (χ3n) is 4.11. The minimum Gasteiger partial charge on any atom is -0.373 e. The Morgan fingerprint density at radius 2 is 2.25 bits per heavy atom. The second kappa shape index (κ2) is 5.77. The highest BCUT2D eigenvalue weighted by Crippen LogP contribution is 2.33. The van der Waals surface area contributed by atoms with E-state index in [9.17, 15) is 0 Å². The summed E-state index contributed by atoms with van der Waals surface area (Å²) in [5.74, 6) is 0. The van der Waals surface area contributed by atoms with Crippen LogP contribution in [0.2, 0.25) is 0 Å². The van der Waals surface area contributed by atoms with Gasteiger partial charge in [0, 0.05) is 13.2 Å². The summed E-state index contributed by atoms with van der Waals surface area (Å²) in [4.78, 5) is 0. The zero-order chi connectivity index (χ0) is 13.9. The molecule has 20 heavy (non-hydrogen) atoms. The van der Waals surface area contributed by atoms with Gasteiger partial charge in [-0.15, -0.1) is 0 Å². The molecule has 2 atom stereocenters. The van der Waals surface area contributed by atoms with E-state index in [1.165, 1.54) is 16.8 Å². The molecule has 0 aliphatic carbocycles. The predicted octanol–water partition coefficient (Wildman–Crippen LogP) is 2.38. The number of nitrogens with one attached hydrogen (secondary N) is 1. The number of aryl methyl sites for hydroxylation is 1. The van der Waals surface area contributed by atoms with Crippen molar-refractivity contribution in [2.75, 3.05) is 13.7 Å². The van der Waals surface area contributed by atoms with Crippen molar-refractivity contribution in [2.24, 2.45) is 7.05 Å². The first-order valence-corrected chi connectivity index (χ1v) is 7.14. The van der Waals surface area contributed by atoms with E-state index in [1.54, 1.807) is 0 Å². The molecule has 1 aliphatic rings. The second-order valence-electron chi connectivity index (χ2n) is 5.26. The molecule has 0 bridgehead atoms. The average Bonchev–Trinajstić information content (AvgIpc) is 2.91. The van der Waals surface area contributed by atoms with Crippen molar-refractivity contribution in [1.82, 2.24) is 15.1 Å². The van der Waals surface area contributed by atoms with Crippen molar-refractivity contribution < 1.29 is 4.74 Å². The van der Waals surface area contributed by atoms with Gasteiger partial charge in [-0.2, -0.15) is 5.10 Å². The van der Waals surface area contributed by atoms with Gasteiger partial charge in [-0.1, -0.05) is 24.3 Å². The fourth-order valence-corrected chi connectivity index (χ4v) is 3.00. The van der Waals surface area contributed by atoms with Crippen LogP contribution >= 0.6 is 0 Å². The Bertz CT molecular complexity index is 579. The van der Waals surface area contributed by atoms with Gasteiger partial charge in [-0.25, -0.2) is 0 Å². The number of nitrogens with zero attached hydrogens (tertiary/aromatic N) is 2. The van der Waals surface area contributed by atoms with E-state index in [2.05, 4.69) is 40.7 Å². The third-order valence-corrected chi connectivity index (χ3v) is 4.11. The van der Waals surface area contributed by atoms with Crippen molar-refractivity contribution in [1.29, 1.82) is 0 Å². The molecule has 106 valence electrons. The molecule has 2 heterocycles. The van der Waals surface area contributed by atoms with Crippen LogP contribution in [-0.4, -0.2) is 23.4 Å². The Kier molecular flexibility index (Phi) is 3.85. The van der Waals surface area contributed by atoms with Gasteiger partial charge in [0.25, 0.3) is 0 Å². The lowest BCUT2D eigenvalue weighted by atomic mass is 9.93. The number of rotatable bonds is 4. The summed E-state index contributed by atoms with van der Waals surface area (Å²) < 4.78 is 7.93. The molecule has 2 aromatic rings. The van der Waals surface area contributed by atoms with E-state index in [-0.39, 0.29) is 12.1 Å². The van der Waals surface area contributed by atoms with Gasteiger partial charge in [0.05, 0.1) is 24.4 Å². The van der Waals surface area contributed by atoms with Crippen LogP contribution in [0, 0.1) is 0 Å². The van der Waals surface area contributed by atoms with Crippen LogP contribution < -0.4 is 5.32 Å². The molecular weight excluding hydrogens is 250 g/mol. The Hall–Kier alpha value is -1.65. The molecule has 1 aliphatic heterocycles. The van der Waals surface area contributed by atoms with Gasteiger partial charge in [0.1, 0.15) is 0 Å². The van der Waals surface area contributed by atoms with E-state index in [0.717, 1.165) is 19.4 Å². The Morgan fingerprint density at radius 1 is 1.40 bits per heavy atom. The molecule has 3 rings (SSSR count). The van der Waals surface area contributed by atoms with E-state index in [0.29, 0.717) is 0 Å². The van der Waals surface area contributed by atoms with E-state index >= 15 is 0 Å². The summed E-state index contributed by atoms with van der Waals surface area (Å²) in [6, 6.07) is 10.9. The van der Waals surface area contributed by atoms with Gasteiger partial charge in [0.15, 0.2) is 0 Å². The smallest absolute Gasteiger partial charge is 0.0846 e. The molecule has 0 saturated carbocycles. The topological polar surface area (TPSA) is 39.1 Å². The third kappa shape index (κ3) is 2.49. The van der Waals surface area contributed by atoms with Crippen LogP contribution in [0.1, 0.15) is 35.4 Å². The number of hydrogen-bond donors (Lipinski definition) is 1. The van der Waals surface area contributed by atoms with Crippen LogP contribution in [0.25, 0.3) is 0 Å². The van der Waals surface area contributed by atoms with Gasteiger partial charge >= 0.3 is 0 Å². The fraction of sp³-hybridized carbons (Fsp3) is 0.438. The first-order valence-electron chi connectivity index (χ1n) is 7.14. The number of ether oxygens (including phenoxy) is 1. The highest BCUT2D eigenvalue weighted by Gasteiger charge is 2.25. The highest BCUT2D eigenvalue weighted by atomic mass is 16.5. The van der Waals surface area contributed by atoms with E-state index in [4.69, 9.17) is 4.74 Å². The molecule has 4 heteroatoms. The molecule has 0 spiro atoms. The monoisotopic (exact) mass is 271 g/mol. The maximum absolute atomic E-state index is 6.00. The van der Waals surface area contributed by atoms with Crippen LogP contribution in [0.15, 0.2) is 36.5 Å². The molecule has 0 radical (unpaired) electrons. The molecule has 1 aromatic heterocycles. The first-order chi connectivity index (χ1) is 9.79. The molecule has 0 amide bonds. The molecule has 4 nitrogen and oxygen atoms in total. The number of benzene rings is 1. The van der Waals surface area contributed by atoms with Gasteiger partial charge in [-0.05, 0) is 37.1 Å². The maximum atomic E-state index is 6.00. The predicted molar refractivity (Wildman–Crippen MR) is 78.5 cm³/mol. The summed E-state index contributed by atoms with van der Waals surface area (Å²) in [6.07, 6.45) is 3.94. The molecule has 0 fully saturated rings. The summed E-state index contributed by atoms with van der Waals surface area (Å²) >= 11 is 0. The minimum absolute atomic E-state index is 0.160. The number of hydrogen-bond acceptors (Lipinski definition) is 3. The molecule has 0 saturated heterocycles. The molecule has 2 unspecified atom stereocenters. The van der Waals surface area contributed by atoms with E-state index < -0.39 is 0 Å². The largest absolute Gasteiger partial charge is 0.373 e. The van der Waals surface area contributed by atoms with Crippen molar-refractivity contribution in [3.63, 3.8) is 0 Å². The van der Waals surface area contributed by atoms with Crippen molar-refractivity contribution >= 4 is 0 Å². The first kappa shape index (κ1) is 13.3. The van der Waals surface area contributed by atoms with Crippen LogP contribution in [-0.2, 0) is 18.2 Å². The molecular formula is C16H21N3O. The molecule has 1 aromatic carbocycles. The van der Waals surface area contributed by atoms with Gasteiger partial charge in [0.2, 0.25) is 0 Å². The van der Waals surface area contributed by atoms with Crippen LogP contribution in [0.4, 0.5) is 0 Å². The van der Waals surface area contributed by atoms with E-state index in [1.807, 2.05) is 25.0 Å². The lowest BCUT2D eigenvalue weighted by Gasteiger charge is -2.29. The Balaban J connectivity index is 1.82. The van der Waals surface area contributed by atoms with Gasteiger partial charge in [-0.3, -0.25) is 4.68 Å². The zero-order valence-corrected chi connectivity index (χ0v) is 12.0. The summed E-state index contributed by atoms with van der Waals surface area (Å²) in [5, 5.41) is 7.64. The standard InChI is InChI=1S/C16H21N3O/c1-17-14(15-7-9-18-19(15)2)11-16-13-6-4-3-5-12(13)8-10-20-16/h3-7,9,14,16-17H,8,10-11H2,1-2H3. The lowest BCUT2D eigenvalue weighted by molar-refractivity contribution is 0.0293. The highest BCUT2D eigenvalue weighted by molar-refractivity contribution is 5.31. The molecule has 1 N–H and O–H groups in total. The zero-order valence-electron chi connectivity index (χ0n) is 12.0. The summed E-state index contributed by atoms with van der Waals surface area (Å²) in [7, 11) is 3.97. The maximum Gasteiger partial charge on any atom is 0.0846 e. The Morgan fingerprint density at radius 3 is 3.00 bits per heavy atom. The van der Waals surface area contributed by atoms with Gasteiger partial charge < -0.3 is 10.1 Å². The van der Waals surface area contributed by atoms with Crippen LogP contribution in [0.3, 0.4) is 0 Å². The van der Waals surface area contributed by atoms with Crippen molar-refractivity contribution in [3.8, 4) is 0 Å².